The summed E-state index contributed by atoms with van der Waals surface area (Å²) in [5.41, 5.74) is 2.90. The zero-order valence-electron chi connectivity index (χ0n) is 40.5. The van der Waals surface area contributed by atoms with E-state index >= 15 is 0 Å². The number of rotatable bonds is 24. The number of ketones is 2. The Morgan fingerprint density at radius 1 is 0.828 bits per heavy atom. The molecular formula is C52H79N3O9. The second-order valence-electron chi connectivity index (χ2n) is 18.9. The molecule has 0 spiro atoms. The van der Waals surface area contributed by atoms with Gasteiger partial charge < -0.3 is 29.7 Å². The van der Waals surface area contributed by atoms with E-state index in [1.54, 1.807) is 31.0 Å². The van der Waals surface area contributed by atoms with Crippen LogP contribution in [0.2, 0.25) is 0 Å². The molecule has 64 heavy (non-hydrogen) atoms. The number of benzene rings is 2. The molecule has 0 radical (unpaired) electrons. The molecule has 12 nitrogen and oxygen atoms in total. The number of nitrogens with zero attached hydrogens (tertiary/aromatic N) is 2. The van der Waals surface area contributed by atoms with Crippen LogP contribution in [-0.2, 0) is 35.1 Å². The summed E-state index contributed by atoms with van der Waals surface area (Å²) in [4.78, 5) is 85.6. The first kappa shape index (κ1) is 53.6. The van der Waals surface area contributed by atoms with Gasteiger partial charge in [-0.3, -0.25) is 19.2 Å². The van der Waals surface area contributed by atoms with Crippen LogP contribution in [0, 0.1) is 18.8 Å². The van der Waals surface area contributed by atoms with Gasteiger partial charge in [-0.1, -0.05) is 116 Å². The second-order valence-corrected chi connectivity index (χ2v) is 18.9. The largest absolute Gasteiger partial charge is 0.493 e. The molecule has 4 atom stereocenters. The molecule has 2 N–H and O–H groups in total. The van der Waals surface area contributed by atoms with Gasteiger partial charge in [-0.15, -0.1) is 0 Å². The van der Waals surface area contributed by atoms with E-state index in [4.69, 9.17) is 9.47 Å². The third-order valence-electron chi connectivity index (χ3n) is 12.0. The maximum Gasteiger partial charge on any atom is 0.410 e. The number of aryl methyl sites for hydroxylation is 1. The van der Waals surface area contributed by atoms with E-state index in [9.17, 15) is 33.9 Å². The number of carbonyl (C=O) groups excluding carboxylic acids is 5. The molecule has 3 rings (SSSR count). The zero-order chi connectivity index (χ0) is 47.4. The number of carbonyl (C=O) groups is 6. The number of Topliss-reactive ketones (excluding diaryl/α,β-unsaturated/α-hetero) is 2. The van der Waals surface area contributed by atoms with Crippen LogP contribution in [0.5, 0.6) is 5.75 Å². The van der Waals surface area contributed by atoms with Gasteiger partial charge in [-0.25, -0.2) is 9.59 Å². The number of aliphatic carboxylic acids is 1. The first-order valence-electron chi connectivity index (χ1n) is 24.1. The van der Waals surface area contributed by atoms with Crippen molar-refractivity contribution in [2.45, 2.75) is 182 Å². The molecule has 1 heterocycles. The van der Waals surface area contributed by atoms with Gasteiger partial charge in [0, 0.05) is 63.2 Å². The normalized spacial score (nSPS) is 17.2. The molecule has 0 saturated heterocycles. The van der Waals surface area contributed by atoms with Gasteiger partial charge in [0.1, 0.15) is 29.2 Å². The highest BCUT2D eigenvalue weighted by Gasteiger charge is 2.36. The summed E-state index contributed by atoms with van der Waals surface area (Å²) in [7, 11) is 1.58. The molecule has 3 amide bonds. The van der Waals surface area contributed by atoms with Crippen molar-refractivity contribution >= 4 is 35.4 Å². The summed E-state index contributed by atoms with van der Waals surface area (Å²) in [6.07, 6.45) is 11.9. The second kappa shape index (κ2) is 26.9. The van der Waals surface area contributed by atoms with E-state index in [0.29, 0.717) is 48.4 Å². The Labute approximate surface area is 383 Å². The highest BCUT2D eigenvalue weighted by Crippen LogP contribution is 2.38. The van der Waals surface area contributed by atoms with E-state index < -0.39 is 53.3 Å². The van der Waals surface area contributed by atoms with Gasteiger partial charge in [0.25, 0.3) is 0 Å². The molecule has 0 unspecified atom stereocenters. The van der Waals surface area contributed by atoms with Crippen LogP contribution in [0.25, 0.3) is 11.1 Å². The van der Waals surface area contributed by atoms with Gasteiger partial charge >= 0.3 is 12.1 Å². The lowest BCUT2D eigenvalue weighted by Crippen LogP contribution is -2.45. The van der Waals surface area contributed by atoms with E-state index in [1.165, 1.54) is 30.6 Å². The number of hydrogen-bond acceptors (Lipinski definition) is 8. The zero-order valence-corrected chi connectivity index (χ0v) is 40.5. The molecule has 0 aliphatic carbocycles. The molecule has 1 aliphatic heterocycles. The maximum atomic E-state index is 14.8. The Kier molecular flexibility index (Phi) is 22.5. The average Bonchev–Trinajstić information content (AvgIpc) is 3.23. The molecule has 2 aromatic carbocycles. The molecule has 4 bridgehead atoms. The van der Waals surface area contributed by atoms with Crippen LogP contribution < -0.4 is 10.1 Å². The van der Waals surface area contributed by atoms with Crippen LogP contribution in [0.3, 0.4) is 0 Å². The fraction of sp³-hybridized carbons (Fsp3) is 0.654. The van der Waals surface area contributed by atoms with Crippen molar-refractivity contribution in [3.63, 3.8) is 0 Å². The van der Waals surface area contributed by atoms with Crippen LogP contribution >= 0.6 is 0 Å². The first-order chi connectivity index (χ1) is 30.4. The topological polar surface area (TPSA) is 160 Å². The van der Waals surface area contributed by atoms with Gasteiger partial charge in [-0.05, 0) is 81.3 Å². The lowest BCUT2D eigenvalue weighted by atomic mass is 9.87. The standard InChI is InChI=1S/C52H79N3O9/c1-10-13-15-16-17-18-19-21-28-55(51(62)64-52(6,7)8)29-27-41(56)34-40(22-20-14-11-2)49(59)54(9)47-39-25-26-46(63-30-12-3)43(35-39)42-32-38(24-23-36(42)4)33-44(50(60)61)53-48(58)37(5)31-45(47)57/h23-26,32,35,37,40,44,47H,10-22,27-31,33-34H2,1-9H3,(H,53,58)(H,60,61)/t37-,40-,44+,47+/m1/s1. The molecular weight excluding hydrogens is 811 g/mol. The quantitative estimate of drug-likeness (QED) is 0.0978. The average molecular weight is 890 g/mol. The van der Waals surface area contributed by atoms with E-state index in [1.807, 2.05) is 58.9 Å². The molecule has 0 saturated carbocycles. The van der Waals surface area contributed by atoms with E-state index in [-0.39, 0.29) is 43.9 Å². The van der Waals surface area contributed by atoms with Crippen molar-refractivity contribution in [3.05, 3.63) is 53.1 Å². The van der Waals surface area contributed by atoms with Gasteiger partial charge in [-0.2, -0.15) is 0 Å². The number of ether oxygens (including phenoxy) is 2. The SMILES string of the molecule is CCCCCCCCCCN(CCC(=O)C[C@@H](CCCCC)C(=O)N(C)[C@@H]1C(=O)C[C@@H](C)C(=O)N[C@H](C(=O)O)Cc2ccc(C)c(c2)-c2cc1ccc2OCCC)C(=O)OC(C)(C)C. The Morgan fingerprint density at radius 3 is 2.12 bits per heavy atom. The number of carboxylic acid groups (broad SMARTS) is 1. The Bertz CT molecular complexity index is 1850. The molecule has 1 aliphatic rings. The summed E-state index contributed by atoms with van der Waals surface area (Å²) >= 11 is 0. The predicted octanol–water partition coefficient (Wildman–Crippen LogP) is 10.6. The lowest BCUT2D eigenvalue weighted by molar-refractivity contribution is -0.144. The Morgan fingerprint density at radius 2 is 1.48 bits per heavy atom. The van der Waals surface area contributed by atoms with Crippen molar-refractivity contribution in [1.82, 2.24) is 15.1 Å². The molecule has 0 fully saturated rings. The maximum absolute atomic E-state index is 14.8. The first-order valence-corrected chi connectivity index (χ1v) is 24.1. The summed E-state index contributed by atoms with van der Waals surface area (Å²) < 4.78 is 12.0. The minimum atomic E-state index is -1.23. The van der Waals surface area contributed by atoms with Crippen molar-refractivity contribution in [1.29, 1.82) is 0 Å². The number of carboxylic acids is 1. The van der Waals surface area contributed by atoms with Crippen LogP contribution in [0.1, 0.15) is 174 Å². The monoisotopic (exact) mass is 890 g/mol. The van der Waals surface area contributed by atoms with Crippen molar-refractivity contribution in [3.8, 4) is 16.9 Å². The number of fused-ring (bicyclic) bond motifs is 5. The fourth-order valence-corrected chi connectivity index (χ4v) is 8.30. The van der Waals surface area contributed by atoms with Gasteiger partial charge in [0.2, 0.25) is 11.8 Å². The molecule has 12 heteroatoms. The summed E-state index contributed by atoms with van der Waals surface area (Å²) in [5.74, 6) is -3.72. The van der Waals surface area contributed by atoms with Crippen LogP contribution in [-0.4, -0.2) is 88.7 Å². The third-order valence-corrected chi connectivity index (χ3v) is 12.0. The van der Waals surface area contributed by atoms with Crippen molar-refractivity contribution < 1.29 is 43.3 Å². The molecule has 2 aromatic rings. The minimum absolute atomic E-state index is 0.0379. The predicted molar refractivity (Wildman–Crippen MR) is 252 cm³/mol. The smallest absolute Gasteiger partial charge is 0.410 e. The third kappa shape index (κ3) is 17.3. The molecule has 356 valence electrons. The van der Waals surface area contributed by atoms with E-state index in [2.05, 4.69) is 19.2 Å². The number of unbranched alkanes of at least 4 members (excludes halogenated alkanes) is 9. The number of amides is 3. The number of nitrogens with one attached hydrogen (secondary N) is 1. The van der Waals surface area contributed by atoms with Gasteiger partial charge in [0.15, 0.2) is 5.78 Å². The van der Waals surface area contributed by atoms with Gasteiger partial charge in [0.05, 0.1) is 6.61 Å². The summed E-state index contributed by atoms with van der Waals surface area (Å²) in [5, 5.41) is 12.8. The van der Waals surface area contributed by atoms with E-state index in [0.717, 1.165) is 56.1 Å². The number of hydrogen-bond donors (Lipinski definition) is 2. The Balaban J connectivity index is 1.98. The summed E-state index contributed by atoms with van der Waals surface area (Å²) in [6.45, 7) is 16.4. The Hall–Kier alpha value is -4.74. The van der Waals surface area contributed by atoms with Crippen LogP contribution in [0.15, 0.2) is 36.4 Å². The minimum Gasteiger partial charge on any atom is -0.493 e. The molecule has 0 aromatic heterocycles. The highest BCUT2D eigenvalue weighted by atomic mass is 16.6. The van der Waals surface area contributed by atoms with Crippen molar-refractivity contribution in [2.24, 2.45) is 11.8 Å². The fourth-order valence-electron chi connectivity index (χ4n) is 8.30. The lowest BCUT2D eigenvalue weighted by Gasteiger charge is -2.32. The number of likely N-dealkylation sites (N-methyl/N-ethyl adjacent to an activating group) is 1. The summed E-state index contributed by atoms with van der Waals surface area (Å²) in [6, 6.07) is 8.74. The van der Waals surface area contributed by atoms with Crippen molar-refractivity contribution in [2.75, 3.05) is 26.7 Å². The highest BCUT2D eigenvalue weighted by molar-refractivity contribution is 5.95. The van der Waals surface area contributed by atoms with Crippen LogP contribution in [0.4, 0.5) is 4.79 Å².